The van der Waals surface area contributed by atoms with Gasteiger partial charge in [0.25, 0.3) is 0 Å². The molecule has 0 aliphatic rings. The lowest BCUT2D eigenvalue weighted by Gasteiger charge is -2.13. The first-order valence-corrected chi connectivity index (χ1v) is 8.68. The van der Waals surface area contributed by atoms with Crippen LogP contribution >= 0.6 is 0 Å². The molecule has 0 saturated carbocycles. The lowest BCUT2D eigenvalue weighted by Crippen LogP contribution is -2.09. The molecule has 130 valence electrons. The van der Waals surface area contributed by atoms with Gasteiger partial charge in [-0.1, -0.05) is 0 Å². The second-order valence-corrected chi connectivity index (χ2v) is 6.89. The van der Waals surface area contributed by atoms with E-state index < -0.39 is 0 Å². The van der Waals surface area contributed by atoms with Crippen LogP contribution in [0.2, 0.25) is 0 Å². The summed E-state index contributed by atoms with van der Waals surface area (Å²) in [6, 6.07) is 10.8. The summed E-state index contributed by atoms with van der Waals surface area (Å²) >= 11 is 0. The Morgan fingerprint density at radius 1 is 0.920 bits per heavy atom. The Balaban J connectivity index is 1.83. The molecular weight excluding hydrogens is 308 g/mol. The zero-order valence-corrected chi connectivity index (χ0v) is 15.7. The van der Waals surface area contributed by atoms with E-state index in [1.807, 2.05) is 26.5 Å². The zero-order valence-electron chi connectivity index (χ0n) is 15.7. The summed E-state index contributed by atoms with van der Waals surface area (Å²) in [6.45, 7) is 6.38. The molecule has 0 unspecified atom stereocenters. The fourth-order valence-corrected chi connectivity index (χ4v) is 3.12. The van der Waals surface area contributed by atoms with Crippen LogP contribution in [-0.2, 0) is 12.8 Å². The third-order valence-corrected chi connectivity index (χ3v) is 4.48. The second-order valence-electron chi connectivity index (χ2n) is 6.89. The lowest BCUT2D eigenvalue weighted by molar-refractivity contribution is 0.858. The van der Waals surface area contributed by atoms with E-state index in [4.69, 9.17) is 4.98 Å². The second kappa shape index (κ2) is 7.09. The van der Waals surface area contributed by atoms with E-state index >= 15 is 0 Å². The molecule has 3 aromatic heterocycles. The molecule has 3 rings (SSSR count). The van der Waals surface area contributed by atoms with Crippen molar-refractivity contribution in [2.45, 2.75) is 33.6 Å². The number of hydrogen-bond acceptors (Lipinski definition) is 3. The van der Waals surface area contributed by atoms with Gasteiger partial charge in [0.05, 0.1) is 11.9 Å². The summed E-state index contributed by atoms with van der Waals surface area (Å²) in [5, 5.41) is 0. The van der Waals surface area contributed by atoms with Crippen LogP contribution < -0.4 is 4.90 Å². The van der Waals surface area contributed by atoms with E-state index in [1.165, 1.54) is 22.5 Å². The Hall–Kier alpha value is -2.62. The molecule has 0 spiro atoms. The van der Waals surface area contributed by atoms with Crippen molar-refractivity contribution in [2.24, 2.45) is 0 Å². The average Bonchev–Trinajstić information content (AvgIpc) is 2.91. The van der Waals surface area contributed by atoms with Gasteiger partial charge in [-0.25, -0.2) is 4.98 Å². The number of anilines is 1. The minimum atomic E-state index is 0.909. The maximum absolute atomic E-state index is 4.90. The van der Waals surface area contributed by atoms with Gasteiger partial charge < -0.3 is 9.47 Å². The molecule has 0 atom stereocenters. The van der Waals surface area contributed by atoms with Crippen LogP contribution in [0, 0.1) is 20.8 Å². The van der Waals surface area contributed by atoms with Crippen LogP contribution in [0.4, 0.5) is 5.69 Å². The van der Waals surface area contributed by atoms with Gasteiger partial charge in [-0.15, -0.1) is 0 Å². The molecule has 0 N–H and O–H groups in total. The van der Waals surface area contributed by atoms with Crippen LogP contribution in [0.1, 0.15) is 28.2 Å². The fraction of sp³-hybridized carbons (Fsp3) is 0.333. The Bertz CT molecular complexity index is 858. The van der Waals surface area contributed by atoms with E-state index in [0.717, 1.165) is 30.0 Å². The van der Waals surface area contributed by atoms with Crippen molar-refractivity contribution in [2.75, 3.05) is 19.0 Å². The molecule has 0 saturated heterocycles. The molecule has 3 heterocycles. The quantitative estimate of drug-likeness (QED) is 0.706. The van der Waals surface area contributed by atoms with Gasteiger partial charge >= 0.3 is 0 Å². The summed E-state index contributed by atoms with van der Waals surface area (Å²) in [5.74, 6) is 1.01. The number of pyridine rings is 2. The van der Waals surface area contributed by atoms with Crippen LogP contribution in [0.25, 0.3) is 5.82 Å². The maximum atomic E-state index is 4.90. The van der Waals surface area contributed by atoms with Crippen LogP contribution in [0.15, 0.2) is 42.7 Å². The number of rotatable bonds is 5. The van der Waals surface area contributed by atoms with E-state index in [9.17, 15) is 0 Å². The third kappa shape index (κ3) is 3.90. The normalized spacial score (nSPS) is 10.9. The molecule has 0 aliphatic heterocycles. The minimum Gasteiger partial charge on any atom is -0.376 e. The predicted octanol–water partition coefficient (Wildman–Crippen LogP) is 4.04. The molecule has 0 bridgehead atoms. The molecule has 0 aromatic carbocycles. The molecule has 0 aliphatic carbocycles. The molecule has 0 amide bonds. The van der Waals surface area contributed by atoms with Crippen molar-refractivity contribution in [3.05, 3.63) is 70.9 Å². The standard InChI is InChI=1S/C21H26N4/c1-15-10-19(9-8-18-12-20(24(4)5)14-22-13-18)23-21(11-15)25-16(2)6-7-17(25)3/h6-7,10-14H,8-9H2,1-5H3. The van der Waals surface area contributed by atoms with Crippen molar-refractivity contribution in [1.29, 1.82) is 0 Å². The predicted molar refractivity (Wildman–Crippen MR) is 104 cm³/mol. The summed E-state index contributed by atoms with van der Waals surface area (Å²) in [7, 11) is 4.08. The minimum absolute atomic E-state index is 0.909. The van der Waals surface area contributed by atoms with Gasteiger partial charge in [-0.3, -0.25) is 4.98 Å². The molecule has 0 radical (unpaired) electrons. The van der Waals surface area contributed by atoms with Gasteiger partial charge in [-0.2, -0.15) is 0 Å². The van der Waals surface area contributed by atoms with Crippen molar-refractivity contribution in [3.8, 4) is 5.82 Å². The number of aryl methyl sites for hydroxylation is 5. The zero-order chi connectivity index (χ0) is 18.0. The van der Waals surface area contributed by atoms with Crippen LogP contribution in [0.5, 0.6) is 0 Å². The number of nitrogens with zero attached hydrogens (tertiary/aromatic N) is 4. The first-order chi connectivity index (χ1) is 11.9. The maximum Gasteiger partial charge on any atom is 0.137 e. The van der Waals surface area contributed by atoms with E-state index in [2.05, 4.69) is 65.6 Å². The highest BCUT2D eigenvalue weighted by Gasteiger charge is 2.08. The Morgan fingerprint density at radius 2 is 1.64 bits per heavy atom. The van der Waals surface area contributed by atoms with Crippen molar-refractivity contribution >= 4 is 5.69 Å². The largest absolute Gasteiger partial charge is 0.376 e. The monoisotopic (exact) mass is 334 g/mol. The molecular formula is C21H26N4. The SMILES string of the molecule is Cc1cc(CCc2cncc(N(C)C)c2)nc(-n2c(C)ccc2C)c1. The van der Waals surface area contributed by atoms with Crippen molar-refractivity contribution in [3.63, 3.8) is 0 Å². The highest BCUT2D eigenvalue weighted by molar-refractivity contribution is 5.44. The Morgan fingerprint density at radius 3 is 2.32 bits per heavy atom. The van der Waals surface area contributed by atoms with Crippen LogP contribution in [0.3, 0.4) is 0 Å². The van der Waals surface area contributed by atoms with Crippen molar-refractivity contribution < 1.29 is 0 Å². The molecule has 4 heteroatoms. The van der Waals surface area contributed by atoms with Crippen LogP contribution in [-0.4, -0.2) is 28.6 Å². The summed E-state index contributed by atoms with van der Waals surface area (Å²) in [5.41, 5.74) is 7.16. The van der Waals surface area contributed by atoms with Crippen molar-refractivity contribution in [1.82, 2.24) is 14.5 Å². The number of aromatic nitrogens is 3. The first kappa shape index (κ1) is 17.2. The molecule has 0 fully saturated rings. The fourth-order valence-electron chi connectivity index (χ4n) is 3.12. The average molecular weight is 334 g/mol. The molecule has 25 heavy (non-hydrogen) atoms. The molecule has 3 aromatic rings. The highest BCUT2D eigenvalue weighted by Crippen LogP contribution is 2.18. The number of hydrogen-bond donors (Lipinski definition) is 0. The van der Waals surface area contributed by atoms with Gasteiger partial charge in [0, 0.05) is 37.4 Å². The molecule has 4 nitrogen and oxygen atoms in total. The first-order valence-electron chi connectivity index (χ1n) is 8.68. The smallest absolute Gasteiger partial charge is 0.137 e. The summed E-state index contributed by atoms with van der Waals surface area (Å²) in [4.78, 5) is 11.3. The van der Waals surface area contributed by atoms with Gasteiger partial charge in [0.1, 0.15) is 5.82 Å². The topological polar surface area (TPSA) is 34.0 Å². The highest BCUT2D eigenvalue weighted by atomic mass is 15.1. The summed E-state index contributed by atoms with van der Waals surface area (Å²) in [6.07, 6.45) is 5.69. The Labute approximate surface area is 150 Å². The van der Waals surface area contributed by atoms with Gasteiger partial charge in [-0.05, 0) is 75.1 Å². The third-order valence-electron chi connectivity index (χ3n) is 4.48. The van der Waals surface area contributed by atoms with Gasteiger partial charge in [0.2, 0.25) is 0 Å². The summed E-state index contributed by atoms with van der Waals surface area (Å²) < 4.78 is 2.21. The van der Waals surface area contributed by atoms with E-state index in [0.29, 0.717) is 0 Å². The van der Waals surface area contributed by atoms with E-state index in [1.54, 1.807) is 0 Å². The Kier molecular flexibility index (Phi) is 4.88. The lowest BCUT2D eigenvalue weighted by atomic mass is 10.1. The van der Waals surface area contributed by atoms with E-state index in [-0.39, 0.29) is 0 Å². The van der Waals surface area contributed by atoms with Gasteiger partial charge in [0.15, 0.2) is 0 Å².